The Bertz CT molecular complexity index is 38.5. The molecule has 0 rings (SSSR count). The lowest BCUT2D eigenvalue weighted by Crippen LogP contribution is -1.97. The molecule has 0 aliphatic heterocycles. The van der Waals surface area contributed by atoms with Gasteiger partial charge in [0.1, 0.15) is -0.565 Å². The monoisotopic (exact) mass is 440 g/mol. The minimum atomic E-state index is 0.316. The zero-order chi connectivity index (χ0) is 5.21. The first-order valence-corrected chi connectivity index (χ1v) is 5.11. The summed E-state index contributed by atoms with van der Waals surface area (Å²) in [5, 5.41) is 0. The smallest absolute Gasteiger partial charge is 0.133 e. The van der Waals surface area contributed by atoms with Gasteiger partial charge in [-0.3, -0.25) is 0 Å². The molecular formula is C2H3I3S. The Kier molecular flexibility index (Phi) is 5.04. The van der Waals surface area contributed by atoms with Crippen LogP contribution in [0.1, 0.15) is 0 Å². The van der Waals surface area contributed by atoms with Crippen LogP contribution in [0, 0.1) is 0 Å². The molecule has 0 nitrogen and oxygen atoms in total. The molecule has 0 N–H and O–H groups in total. The van der Waals surface area contributed by atoms with Crippen LogP contribution in [0.3, 0.4) is 0 Å². The predicted molar refractivity (Wildman–Crippen MR) is 58.6 cm³/mol. The van der Waals surface area contributed by atoms with E-state index in [1.165, 1.54) is 0 Å². The van der Waals surface area contributed by atoms with E-state index >= 15 is 0 Å². The van der Waals surface area contributed by atoms with Crippen molar-refractivity contribution in [1.82, 2.24) is 0 Å². The minimum Gasteiger partial charge on any atom is -0.176 e. The molecule has 6 heavy (non-hydrogen) atoms. The van der Waals surface area contributed by atoms with E-state index in [0.717, 1.165) is 5.75 Å². The highest BCUT2D eigenvalue weighted by atomic mass is 127. The first-order valence-electron chi connectivity index (χ1n) is 1.24. The summed E-state index contributed by atoms with van der Waals surface area (Å²) < 4.78 is 0.316. The number of thiol groups is 1. The second-order valence-corrected chi connectivity index (χ2v) is 12.8. The molecule has 0 unspecified atom stereocenters. The highest BCUT2D eigenvalue weighted by Gasteiger charge is 2.12. The van der Waals surface area contributed by atoms with Crippen LogP contribution in [0.5, 0.6) is 0 Å². The van der Waals surface area contributed by atoms with Crippen LogP contribution < -0.4 is 0 Å². The van der Waals surface area contributed by atoms with Gasteiger partial charge in [0.05, 0.1) is 0 Å². The maximum absolute atomic E-state index is 4.08. The lowest BCUT2D eigenvalue weighted by Gasteiger charge is -2.04. The fourth-order valence-corrected chi connectivity index (χ4v) is 0. The van der Waals surface area contributed by atoms with Crippen molar-refractivity contribution in [2.45, 2.75) is -0.565 Å². The normalized spacial score (nSPS) is 12.0. The summed E-state index contributed by atoms with van der Waals surface area (Å²) in [4.78, 5) is 0. The summed E-state index contributed by atoms with van der Waals surface area (Å²) in [6.45, 7) is 0. The van der Waals surface area contributed by atoms with Gasteiger partial charge >= 0.3 is 0 Å². The highest BCUT2D eigenvalue weighted by Crippen LogP contribution is 2.35. The Morgan fingerprint density at radius 2 is 1.50 bits per heavy atom. The number of halogens is 3. The lowest BCUT2D eigenvalue weighted by molar-refractivity contribution is 1.54. The van der Waals surface area contributed by atoms with Gasteiger partial charge in [0.25, 0.3) is 0 Å². The first-order chi connectivity index (χ1) is 2.56. The van der Waals surface area contributed by atoms with Gasteiger partial charge in [-0.15, -0.1) is 0 Å². The predicted octanol–water partition coefficient (Wildman–Crippen LogP) is 2.88. The average Bonchev–Trinajstić information content (AvgIpc) is 1.35. The average molecular weight is 440 g/mol. The molecule has 0 aliphatic carbocycles. The molecule has 0 amide bonds. The van der Waals surface area contributed by atoms with Gasteiger partial charge in [-0.05, 0) is 0 Å². The largest absolute Gasteiger partial charge is 0.176 e. The lowest BCUT2D eigenvalue weighted by atomic mass is 11.0. The molecule has 0 aliphatic rings. The zero-order valence-electron chi connectivity index (χ0n) is 2.79. The second kappa shape index (κ2) is 3.54. The summed E-state index contributed by atoms with van der Waals surface area (Å²) in [6.07, 6.45) is 0. The third-order valence-electron chi connectivity index (χ3n) is 0.179. The summed E-state index contributed by atoms with van der Waals surface area (Å²) in [6, 6.07) is 0. The van der Waals surface area contributed by atoms with Crippen LogP contribution in [0.15, 0.2) is 0 Å². The Hall–Kier alpha value is 2.54. The topological polar surface area (TPSA) is 0 Å². The molecule has 0 fully saturated rings. The summed E-state index contributed by atoms with van der Waals surface area (Å²) >= 11 is 11.1. The zero-order valence-corrected chi connectivity index (χ0v) is 10.2. The summed E-state index contributed by atoms with van der Waals surface area (Å²) in [5.74, 6) is 0.925. The Morgan fingerprint density at radius 1 is 1.33 bits per heavy atom. The van der Waals surface area contributed by atoms with Gasteiger partial charge in [-0.1, -0.05) is 67.8 Å². The van der Waals surface area contributed by atoms with Gasteiger partial charge in [0.2, 0.25) is 0 Å². The van der Waals surface area contributed by atoms with Crippen LogP contribution in [0.2, 0.25) is 0 Å². The number of alkyl halides is 3. The Balaban J connectivity index is 3.17. The van der Waals surface area contributed by atoms with Crippen molar-refractivity contribution in [1.29, 1.82) is 0 Å². The standard InChI is InChI=1S/C2H3I3S/c3-2(4,5)1-6/h6H,1H2. The van der Waals surface area contributed by atoms with Gasteiger partial charge in [0, 0.05) is 5.75 Å². The molecule has 0 saturated carbocycles. The second-order valence-electron chi connectivity index (χ2n) is 0.773. The Morgan fingerprint density at radius 3 is 1.50 bits per heavy atom. The first kappa shape index (κ1) is 8.54. The van der Waals surface area contributed by atoms with Crippen LogP contribution >= 0.6 is 80.4 Å². The molecule has 0 aromatic rings. The summed E-state index contributed by atoms with van der Waals surface area (Å²) in [5.41, 5.74) is 0. The molecular weight excluding hydrogens is 437 g/mol. The Labute approximate surface area is 84.0 Å². The maximum atomic E-state index is 4.08. The fraction of sp³-hybridized carbons (Fsp3) is 1.00. The van der Waals surface area contributed by atoms with Crippen molar-refractivity contribution in [2.24, 2.45) is 0 Å². The fourth-order valence-electron chi connectivity index (χ4n) is 0. The SMILES string of the molecule is SCC(I)(I)I. The van der Waals surface area contributed by atoms with Crippen LogP contribution in [0.4, 0.5) is 0 Å². The van der Waals surface area contributed by atoms with E-state index in [1.807, 2.05) is 0 Å². The van der Waals surface area contributed by atoms with Crippen molar-refractivity contribution < 1.29 is 0 Å². The van der Waals surface area contributed by atoms with Gasteiger partial charge < -0.3 is 0 Å². The van der Waals surface area contributed by atoms with Crippen molar-refractivity contribution in [3.05, 3.63) is 0 Å². The van der Waals surface area contributed by atoms with Crippen molar-refractivity contribution in [3.63, 3.8) is 0 Å². The number of hydrogen-bond acceptors (Lipinski definition) is 1. The van der Waals surface area contributed by atoms with E-state index in [-0.39, 0.29) is 0 Å². The molecule has 4 heteroatoms. The van der Waals surface area contributed by atoms with Gasteiger partial charge in [0.15, 0.2) is 0 Å². The molecule has 0 radical (unpaired) electrons. The van der Waals surface area contributed by atoms with Crippen LogP contribution in [-0.4, -0.2) is 5.19 Å². The molecule has 0 spiro atoms. The molecule has 0 atom stereocenters. The van der Waals surface area contributed by atoms with Crippen LogP contribution in [-0.2, 0) is 0 Å². The van der Waals surface area contributed by atoms with E-state index in [1.54, 1.807) is 0 Å². The van der Waals surface area contributed by atoms with Crippen LogP contribution in [0.25, 0.3) is 0 Å². The third-order valence-corrected chi connectivity index (χ3v) is 3.61. The maximum Gasteiger partial charge on any atom is 0.133 e. The van der Waals surface area contributed by atoms with E-state index < -0.39 is 0 Å². The number of hydrogen-bond donors (Lipinski definition) is 1. The molecule has 0 aromatic heterocycles. The molecule has 0 heterocycles. The summed E-state index contributed by atoms with van der Waals surface area (Å²) in [7, 11) is 0. The number of rotatable bonds is 1. The highest BCUT2D eigenvalue weighted by molar-refractivity contribution is 14.3. The quantitative estimate of drug-likeness (QED) is 0.362. The molecule has 0 bridgehead atoms. The third kappa shape index (κ3) is 6.54. The van der Waals surface area contributed by atoms with E-state index in [2.05, 4.69) is 80.4 Å². The van der Waals surface area contributed by atoms with Gasteiger partial charge in [-0.2, -0.15) is 12.6 Å². The van der Waals surface area contributed by atoms with Gasteiger partial charge in [-0.25, -0.2) is 0 Å². The molecule has 38 valence electrons. The minimum absolute atomic E-state index is 0.316. The van der Waals surface area contributed by atoms with Crippen molar-refractivity contribution >= 4 is 80.4 Å². The molecule has 0 aromatic carbocycles. The van der Waals surface area contributed by atoms with Crippen molar-refractivity contribution in [3.8, 4) is 0 Å². The van der Waals surface area contributed by atoms with E-state index in [9.17, 15) is 0 Å². The van der Waals surface area contributed by atoms with Crippen molar-refractivity contribution in [2.75, 3.05) is 5.75 Å². The van der Waals surface area contributed by atoms with E-state index in [0.29, 0.717) is -0.565 Å². The van der Waals surface area contributed by atoms with E-state index in [4.69, 9.17) is 0 Å². The molecule has 0 saturated heterocycles.